The van der Waals surface area contributed by atoms with Crippen LogP contribution in [0.25, 0.3) is 0 Å². The molecule has 1 atom stereocenters. The number of non-ortho nitro benzene ring substituents is 1. The lowest BCUT2D eigenvalue weighted by atomic mass is 10.1. The lowest BCUT2D eigenvalue weighted by molar-refractivity contribution is -0.384. The molecule has 0 aromatic heterocycles. The molecule has 1 aromatic rings. The number of hydrogen-bond acceptors (Lipinski definition) is 5. The predicted molar refractivity (Wildman–Crippen MR) is 64.2 cm³/mol. The largest absolute Gasteiger partial charge is 0.496 e. The van der Waals surface area contributed by atoms with Gasteiger partial charge >= 0.3 is 5.97 Å². The Morgan fingerprint density at radius 1 is 1.47 bits per heavy atom. The van der Waals surface area contributed by atoms with Gasteiger partial charge in [0.2, 0.25) is 0 Å². The molecule has 0 aliphatic carbocycles. The Bertz CT molecular complexity index is 528. The van der Waals surface area contributed by atoms with E-state index < -0.39 is 22.8 Å². The van der Waals surface area contributed by atoms with E-state index in [0.717, 1.165) is 12.1 Å². The first-order valence-electron chi connectivity index (χ1n) is 5.23. The number of nitrogens with one attached hydrogen (secondary N) is 1. The molecule has 0 aliphatic rings. The van der Waals surface area contributed by atoms with E-state index >= 15 is 0 Å². The normalized spacial score (nSPS) is 11.5. The summed E-state index contributed by atoms with van der Waals surface area (Å²) in [5, 5.41) is 21.5. The van der Waals surface area contributed by atoms with Crippen LogP contribution in [0.1, 0.15) is 17.3 Å². The van der Waals surface area contributed by atoms with Crippen molar-refractivity contribution in [1.29, 1.82) is 0 Å². The molecular weight excluding hydrogens is 256 g/mol. The Morgan fingerprint density at radius 2 is 2.11 bits per heavy atom. The number of nitrogens with zero attached hydrogens (tertiary/aromatic N) is 1. The highest BCUT2D eigenvalue weighted by molar-refractivity contribution is 5.99. The van der Waals surface area contributed by atoms with Crippen molar-refractivity contribution in [1.82, 2.24) is 5.32 Å². The maximum Gasteiger partial charge on any atom is 0.325 e. The first kappa shape index (κ1) is 14.4. The highest BCUT2D eigenvalue weighted by Gasteiger charge is 2.20. The Balaban J connectivity index is 3.03. The van der Waals surface area contributed by atoms with Crippen molar-refractivity contribution in [3.8, 4) is 5.75 Å². The number of aliphatic carboxylic acids is 1. The standard InChI is InChI=1S/C11H12N2O6/c1-6(11(15)16)12-10(14)8-4-3-7(13(17)18)5-9(8)19-2/h3-6H,1-2H3,(H,12,14)(H,15,16)/t6-/m0/s1. The van der Waals surface area contributed by atoms with E-state index in [1.54, 1.807) is 0 Å². The van der Waals surface area contributed by atoms with Crippen molar-refractivity contribution in [2.75, 3.05) is 7.11 Å². The number of carboxylic acid groups (broad SMARTS) is 1. The van der Waals surface area contributed by atoms with Crippen molar-refractivity contribution in [2.45, 2.75) is 13.0 Å². The zero-order chi connectivity index (χ0) is 14.6. The first-order valence-corrected chi connectivity index (χ1v) is 5.23. The van der Waals surface area contributed by atoms with Crippen molar-refractivity contribution in [3.05, 3.63) is 33.9 Å². The average Bonchev–Trinajstić information content (AvgIpc) is 2.37. The number of carboxylic acids is 1. The molecule has 19 heavy (non-hydrogen) atoms. The van der Waals surface area contributed by atoms with Gasteiger partial charge in [0.15, 0.2) is 0 Å². The second kappa shape index (κ2) is 5.80. The fourth-order valence-corrected chi connectivity index (χ4v) is 1.32. The van der Waals surface area contributed by atoms with E-state index in [0.29, 0.717) is 0 Å². The topological polar surface area (TPSA) is 119 Å². The summed E-state index contributed by atoms with van der Waals surface area (Å²) in [7, 11) is 1.26. The minimum Gasteiger partial charge on any atom is -0.496 e. The molecule has 1 rings (SSSR count). The van der Waals surface area contributed by atoms with Crippen LogP contribution in [0.15, 0.2) is 18.2 Å². The van der Waals surface area contributed by atoms with E-state index in [1.165, 1.54) is 20.1 Å². The first-order chi connectivity index (χ1) is 8.86. The lowest BCUT2D eigenvalue weighted by Crippen LogP contribution is -2.38. The Labute approximate surface area is 108 Å². The number of nitro benzene ring substituents is 1. The smallest absolute Gasteiger partial charge is 0.325 e. The third kappa shape index (κ3) is 3.41. The predicted octanol–water partition coefficient (Wildman–Crippen LogP) is 0.806. The van der Waals surface area contributed by atoms with Crippen LogP contribution < -0.4 is 10.1 Å². The van der Waals surface area contributed by atoms with Gasteiger partial charge in [-0.2, -0.15) is 0 Å². The van der Waals surface area contributed by atoms with Gasteiger partial charge in [-0.1, -0.05) is 0 Å². The van der Waals surface area contributed by atoms with Gasteiger partial charge in [0.1, 0.15) is 11.8 Å². The SMILES string of the molecule is COc1cc([N+](=O)[O-])ccc1C(=O)N[C@@H](C)C(=O)O. The van der Waals surface area contributed by atoms with Gasteiger partial charge in [-0.05, 0) is 13.0 Å². The van der Waals surface area contributed by atoms with Crippen LogP contribution in [-0.4, -0.2) is 35.1 Å². The molecule has 0 heterocycles. The number of carbonyl (C=O) groups excluding carboxylic acids is 1. The molecular formula is C11H12N2O6. The van der Waals surface area contributed by atoms with Gasteiger partial charge in [0.05, 0.1) is 23.7 Å². The summed E-state index contributed by atoms with van der Waals surface area (Å²) in [5.41, 5.74) is -0.194. The fourth-order valence-electron chi connectivity index (χ4n) is 1.32. The van der Waals surface area contributed by atoms with E-state index in [4.69, 9.17) is 9.84 Å². The zero-order valence-electron chi connectivity index (χ0n) is 10.2. The number of benzene rings is 1. The minimum absolute atomic E-state index is 0.00397. The van der Waals surface area contributed by atoms with Gasteiger partial charge in [-0.3, -0.25) is 19.7 Å². The van der Waals surface area contributed by atoms with Crippen molar-refractivity contribution in [3.63, 3.8) is 0 Å². The van der Waals surface area contributed by atoms with E-state index in [1.807, 2.05) is 0 Å². The second-order valence-corrected chi connectivity index (χ2v) is 3.68. The Kier molecular flexibility index (Phi) is 4.41. The second-order valence-electron chi connectivity index (χ2n) is 3.68. The van der Waals surface area contributed by atoms with Crippen LogP contribution in [0.5, 0.6) is 5.75 Å². The molecule has 8 heteroatoms. The summed E-state index contributed by atoms with van der Waals surface area (Å²) < 4.78 is 4.89. The van der Waals surface area contributed by atoms with Crippen LogP contribution in [0.2, 0.25) is 0 Å². The molecule has 0 aliphatic heterocycles. The third-order valence-corrected chi connectivity index (χ3v) is 2.36. The molecule has 0 spiro atoms. The van der Waals surface area contributed by atoms with Gasteiger partial charge in [0, 0.05) is 6.07 Å². The molecule has 0 radical (unpaired) electrons. The summed E-state index contributed by atoms with van der Waals surface area (Å²) in [5.74, 6) is -1.86. The number of nitro groups is 1. The van der Waals surface area contributed by atoms with Gasteiger partial charge < -0.3 is 15.2 Å². The van der Waals surface area contributed by atoms with E-state index in [-0.39, 0.29) is 17.0 Å². The van der Waals surface area contributed by atoms with Crippen LogP contribution in [0.4, 0.5) is 5.69 Å². The quantitative estimate of drug-likeness (QED) is 0.602. The van der Waals surface area contributed by atoms with Crippen LogP contribution in [0, 0.1) is 10.1 Å². The number of carbonyl (C=O) groups is 2. The molecule has 8 nitrogen and oxygen atoms in total. The average molecular weight is 268 g/mol. The number of amides is 1. The maximum absolute atomic E-state index is 11.8. The van der Waals surface area contributed by atoms with E-state index in [9.17, 15) is 19.7 Å². The highest BCUT2D eigenvalue weighted by atomic mass is 16.6. The zero-order valence-corrected chi connectivity index (χ0v) is 10.2. The Morgan fingerprint density at radius 3 is 2.58 bits per heavy atom. The summed E-state index contributed by atoms with van der Waals surface area (Å²) in [6.07, 6.45) is 0. The molecule has 2 N–H and O–H groups in total. The molecule has 1 amide bonds. The molecule has 0 unspecified atom stereocenters. The molecule has 0 saturated carbocycles. The fraction of sp³-hybridized carbons (Fsp3) is 0.273. The summed E-state index contributed by atoms with van der Waals surface area (Å²) in [4.78, 5) is 32.4. The summed E-state index contributed by atoms with van der Waals surface area (Å²) >= 11 is 0. The number of ether oxygens (including phenoxy) is 1. The third-order valence-electron chi connectivity index (χ3n) is 2.36. The number of hydrogen-bond donors (Lipinski definition) is 2. The Hall–Kier alpha value is -2.64. The number of methoxy groups -OCH3 is 1. The van der Waals surface area contributed by atoms with Crippen molar-refractivity contribution >= 4 is 17.6 Å². The molecule has 1 aromatic carbocycles. The van der Waals surface area contributed by atoms with Crippen LogP contribution in [0.3, 0.4) is 0 Å². The molecule has 0 fully saturated rings. The van der Waals surface area contributed by atoms with Crippen LogP contribution in [-0.2, 0) is 4.79 Å². The highest BCUT2D eigenvalue weighted by Crippen LogP contribution is 2.24. The van der Waals surface area contributed by atoms with E-state index in [2.05, 4.69) is 5.32 Å². The lowest BCUT2D eigenvalue weighted by Gasteiger charge is -2.11. The van der Waals surface area contributed by atoms with Crippen LogP contribution >= 0.6 is 0 Å². The summed E-state index contributed by atoms with van der Waals surface area (Å²) in [6, 6.07) is 2.37. The van der Waals surface area contributed by atoms with Gasteiger partial charge in [0.25, 0.3) is 11.6 Å². The van der Waals surface area contributed by atoms with Crippen molar-refractivity contribution in [2.24, 2.45) is 0 Å². The van der Waals surface area contributed by atoms with Gasteiger partial charge in [-0.25, -0.2) is 0 Å². The minimum atomic E-state index is -1.19. The maximum atomic E-state index is 11.8. The van der Waals surface area contributed by atoms with Crippen molar-refractivity contribution < 1.29 is 24.4 Å². The monoisotopic (exact) mass is 268 g/mol. The number of rotatable bonds is 5. The molecule has 102 valence electrons. The molecule has 0 saturated heterocycles. The summed E-state index contributed by atoms with van der Waals surface area (Å²) in [6.45, 7) is 1.30. The molecule has 0 bridgehead atoms. The van der Waals surface area contributed by atoms with Gasteiger partial charge in [-0.15, -0.1) is 0 Å².